The van der Waals surface area contributed by atoms with E-state index in [2.05, 4.69) is 31.2 Å². The molecule has 0 amide bonds. The zero-order chi connectivity index (χ0) is 12.5. The molecule has 2 N–H and O–H groups in total. The molecule has 1 aromatic carbocycles. The summed E-state index contributed by atoms with van der Waals surface area (Å²) in [6.45, 7) is 3.01. The maximum atomic E-state index is 5.81. The normalized spacial score (nSPS) is 31.0. The first-order valence-electron chi connectivity index (χ1n) is 6.78. The lowest BCUT2D eigenvalue weighted by Crippen LogP contribution is -2.31. The number of rotatable bonds is 2. The van der Waals surface area contributed by atoms with Gasteiger partial charge in [0.05, 0.1) is 11.1 Å². The summed E-state index contributed by atoms with van der Waals surface area (Å²) in [4.78, 5) is 4.95. The summed E-state index contributed by atoms with van der Waals surface area (Å²) in [5.74, 6) is 0.713. The Morgan fingerprint density at radius 3 is 2.94 bits per heavy atom. The molecular weight excluding hydrogens is 240 g/mol. The Balaban J connectivity index is 1.80. The Morgan fingerprint density at radius 1 is 1.33 bits per heavy atom. The lowest BCUT2D eigenvalue weighted by Gasteiger charge is -2.28. The summed E-state index contributed by atoms with van der Waals surface area (Å²) in [6, 6.07) is 9.10. The summed E-state index contributed by atoms with van der Waals surface area (Å²) in [5.41, 5.74) is 8.46. The van der Waals surface area contributed by atoms with Crippen LogP contribution in [0.4, 0.5) is 0 Å². The van der Waals surface area contributed by atoms with E-state index >= 15 is 0 Å². The quantitative estimate of drug-likeness (QED) is 0.887. The first-order valence-corrected chi connectivity index (χ1v) is 7.66. The highest BCUT2D eigenvalue weighted by Crippen LogP contribution is 2.41. The molecule has 1 aromatic rings. The van der Waals surface area contributed by atoms with Gasteiger partial charge in [0.25, 0.3) is 0 Å². The van der Waals surface area contributed by atoms with Gasteiger partial charge in [-0.2, -0.15) is 0 Å². The fourth-order valence-electron chi connectivity index (χ4n) is 2.95. The van der Waals surface area contributed by atoms with Gasteiger partial charge in [-0.3, -0.25) is 4.99 Å². The number of hydrogen-bond acceptors (Lipinski definition) is 3. The van der Waals surface area contributed by atoms with E-state index in [4.69, 9.17) is 10.7 Å². The van der Waals surface area contributed by atoms with Crippen LogP contribution in [0.5, 0.6) is 0 Å². The van der Waals surface area contributed by atoms with Gasteiger partial charge in [-0.15, -0.1) is 11.8 Å². The topological polar surface area (TPSA) is 38.4 Å². The van der Waals surface area contributed by atoms with Crippen LogP contribution in [0.15, 0.2) is 29.3 Å². The van der Waals surface area contributed by atoms with Crippen molar-refractivity contribution in [2.75, 3.05) is 6.54 Å². The van der Waals surface area contributed by atoms with Crippen molar-refractivity contribution in [1.82, 2.24) is 0 Å². The van der Waals surface area contributed by atoms with Crippen LogP contribution in [0.2, 0.25) is 0 Å². The van der Waals surface area contributed by atoms with Crippen LogP contribution in [0.1, 0.15) is 30.4 Å². The Morgan fingerprint density at radius 2 is 2.17 bits per heavy atom. The average Bonchev–Trinajstić information content (AvgIpc) is 2.81. The van der Waals surface area contributed by atoms with Crippen molar-refractivity contribution in [1.29, 1.82) is 0 Å². The van der Waals surface area contributed by atoms with Gasteiger partial charge in [0.15, 0.2) is 0 Å². The molecule has 18 heavy (non-hydrogen) atoms. The van der Waals surface area contributed by atoms with Gasteiger partial charge in [-0.1, -0.05) is 24.3 Å². The third kappa shape index (κ3) is 2.21. The molecule has 3 atom stereocenters. The Labute approximate surface area is 113 Å². The second kappa shape index (κ2) is 5.06. The maximum absolute atomic E-state index is 5.81. The maximum Gasteiger partial charge on any atom is 0.0986 e. The molecule has 1 saturated carbocycles. The fourth-order valence-corrected chi connectivity index (χ4v) is 4.52. The molecule has 0 spiro atoms. The highest BCUT2D eigenvalue weighted by molar-refractivity contribution is 8.15. The number of aryl methyl sites for hydroxylation is 1. The van der Waals surface area contributed by atoms with Crippen molar-refractivity contribution in [2.45, 2.75) is 37.5 Å². The van der Waals surface area contributed by atoms with Crippen molar-refractivity contribution >= 4 is 16.8 Å². The Bertz CT molecular complexity index is 469. The molecule has 96 valence electrons. The van der Waals surface area contributed by atoms with Crippen LogP contribution < -0.4 is 5.73 Å². The number of nitrogens with zero attached hydrogens (tertiary/aromatic N) is 1. The van der Waals surface area contributed by atoms with Crippen molar-refractivity contribution in [3.63, 3.8) is 0 Å². The van der Waals surface area contributed by atoms with Gasteiger partial charge < -0.3 is 5.73 Å². The minimum Gasteiger partial charge on any atom is -0.330 e. The molecule has 3 heteroatoms. The minimum absolute atomic E-state index is 0.535. The smallest absolute Gasteiger partial charge is 0.0986 e. The third-order valence-electron chi connectivity index (χ3n) is 4.12. The predicted octanol–water partition coefficient (Wildman–Crippen LogP) is 2.98. The van der Waals surface area contributed by atoms with Crippen LogP contribution in [0, 0.1) is 12.8 Å². The molecule has 0 bridgehead atoms. The van der Waals surface area contributed by atoms with E-state index in [-0.39, 0.29) is 0 Å². The van der Waals surface area contributed by atoms with Crippen molar-refractivity contribution < 1.29 is 0 Å². The van der Waals surface area contributed by atoms with Gasteiger partial charge in [-0.05, 0) is 44.2 Å². The molecule has 0 saturated heterocycles. The monoisotopic (exact) mass is 260 g/mol. The van der Waals surface area contributed by atoms with Crippen molar-refractivity contribution in [2.24, 2.45) is 16.6 Å². The largest absolute Gasteiger partial charge is 0.330 e. The molecule has 1 heterocycles. The molecule has 0 aromatic heterocycles. The van der Waals surface area contributed by atoms with E-state index in [0.29, 0.717) is 17.2 Å². The molecule has 3 unspecified atom stereocenters. The standard InChI is InChI=1S/C15H20N2S/c1-10-4-2-3-5-12(10)15-17-13-7-6-11(9-16)8-14(13)18-15/h2-5,11,13-14H,6-9,16H2,1H3. The lowest BCUT2D eigenvalue weighted by molar-refractivity contribution is 0.347. The van der Waals surface area contributed by atoms with Crippen LogP contribution in [0.3, 0.4) is 0 Å². The Kier molecular flexibility index (Phi) is 3.44. The van der Waals surface area contributed by atoms with E-state index in [0.717, 1.165) is 6.54 Å². The molecule has 2 aliphatic rings. The highest BCUT2D eigenvalue weighted by atomic mass is 32.2. The molecular formula is C15H20N2S. The van der Waals surface area contributed by atoms with E-state index in [9.17, 15) is 0 Å². The second-order valence-corrected chi connectivity index (χ2v) is 6.62. The molecule has 1 fully saturated rings. The Hall–Kier alpha value is -0.800. The van der Waals surface area contributed by atoms with E-state index < -0.39 is 0 Å². The van der Waals surface area contributed by atoms with E-state index in [1.54, 1.807) is 0 Å². The summed E-state index contributed by atoms with van der Waals surface area (Å²) in [5, 5.41) is 1.92. The minimum atomic E-state index is 0.535. The molecule has 3 rings (SSSR count). The summed E-state index contributed by atoms with van der Waals surface area (Å²) in [7, 11) is 0. The summed E-state index contributed by atoms with van der Waals surface area (Å²) < 4.78 is 0. The summed E-state index contributed by atoms with van der Waals surface area (Å²) >= 11 is 1.98. The number of aliphatic imine (C=N–C) groups is 1. The average molecular weight is 260 g/mol. The first kappa shape index (κ1) is 12.2. The molecule has 0 radical (unpaired) electrons. The highest BCUT2D eigenvalue weighted by Gasteiger charge is 2.36. The van der Waals surface area contributed by atoms with Gasteiger partial charge in [-0.25, -0.2) is 0 Å². The number of benzene rings is 1. The number of hydrogen-bond donors (Lipinski definition) is 1. The first-order chi connectivity index (χ1) is 8.78. The lowest BCUT2D eigenvalue weighted by atomic mass is 9.86. The SMILES string of the molecule is Cc1ccccc1C1=NC2CCC(CN)CC2S1. The van der Waals surface area contributed by atoms with Crippen LogP contribution >= 0.6 is 11.8 Å². The van der Waals surface area contributed by atoms with Crippen LogP contribution in [-0.2, 0) is 0 Å². The van der Waals surface area contributed by atoms with E-state index in [1.165, 1.54) is 35.4 Å². The van der Waals surface area contributed by atoms with Gasteiger partial charge >= 0.3 is 0 Å². The number of fused-ring (bicyclic) bond motifs is 1. The zero-order valence-corrected chi connectivity index (χ0v) is 11.6. The fraction of sp³-hybridized carbons (Fsp3) is 0.533. The molecule has 2 nitrogen and oxygen atoms in total. The van der Waals surface area contributed by atoms with Gasteiger partial charge in [0, 0.05) is 10.8 Å². The number of nitrogens with two attached hydrogens (primary N) is 1. The third-order valence-corrected chi connectivity index (χ3v) is 5.48. The summed E-state index contributed by atoms with van der Waals surface area (Å²) in [6.07, 6.45) is 3.71. The van der Waals surface area contributed by atoms with Crippen molar-refractivity contribution in [3.8, 4) is 0 Å². The van der Waals surface area contributed by atoms with E-state index in [1.807, 2.05) is 11.8 Å². The van der Waals surface area contributed by atoms with Crippen LogP contribution in [0.25, 0.3) is 0 Å². The molecule has 1 aliphatic carbocycles. The second-order valence-electron chi connectivity index (χ2n) is 5.39. The van der Waals surface area contributed by atoms with Gasteiger partial charge in [0.2, 0.25) is 0 Å². The van der Waals surface area contributed by atoms with Crippen molar-refractivity contribution in [3.05, 3.63) is 35.4 Å². The zero-order valence-electron chi connectivity index (χ0n) is 10.8. The predicted molar refractivity (Wildman–Crippen MR) is 79.3 cm³/mol. The molecule has 1 aliphatic heterocycles. The van der Waals surface area contributed by atoms with Gasteiger partial charge in [0.1, 0.15) is 0 Å². The number of thioether (sulfide) groups is 1. The van der Waals surface area contributed by atoms with Crippen LogP contribution in [-0.4, -0.2) is 22.9 Å².